The zero-order chi connectivity index (χ0) is 13.8. The van der Waals surface area contributed by atoms with Crippen molar-refractivity contribution in [3.8, 4) is 0 Å². The number of hydrogen-bond donors (Lipinski definition) is 3. The number of carbonyl (C=O) groups excluding carboxylic acids is 2. The molecule has 0 fully saturated rings. The molecule has 5 nitrogen and oxygen atoms in total. The summed E-state index contributed by atoms with van der Waals surface area (Å²) < 4.78 is 0. The SMILES string of the molecule is CCCNC(=O)CC(CNC)CC(=O)NCCC. The molecule has 5 heteroatoms. The number of carbonyl (C=O) groups is 2. The Morgan fingerprint density at radius 3 is 1.72 bits per heavy atom. The van der Waals surface area contributed by atoms with Gasteiger partial charge in [0.1, 0.15) is 0 Å². The number of rotatable bonds is 10. The topological polar surface area (TPSA) is 70.2 Å². The monoisotopic (exact) mass is 257 g/mol. The molecule has 106 valence electrons. The van der Waals surface area contributed by atoms with E-state index in [0.29, 0.717) is 32.5 Å². The molecular formula is C13H27N3O2. The third kappa shape index (κ3) is 8.98. The van der Waals surface area contributed by atoms with Crippen molar-refractivity contribution in [2.24, 2.45) is 5.92 Å². The van der Waals surface area contributed by atoms with Gasteiger partial charge in [0.15, 0.2) is 0 Å². The van der Waals surface area contributed by atoms with Gasteiger partial charge in [-0.25, -0.2) is 0 Å². The quantitative estimate of drug-likeness (QED) is 0.538. The summed E-state index contributed by atoms with van der Waals surface area (Å²) in [5.74, 6) is 0.115. The lowest BCUT2D eigenvalue weighted by atomic mass is 10.0. The molecule has 0 aliphatic rings. The molecule has 18 heavy (non-hydrogen) atoms. The van der Waals surface area contributed by atoms with E-state index in [-0.39, 0.29) is 17.7 Å². The lowest BCUT2D eigenvalue weighted by Gasteiger charge is -2.15. The predicted octanol–water partition coefficient (Wildman–Crippen LogP) is 0.655. The average molecular weight is 257 g/mol. The predicted molar refractivity (Wildman–Crippen MR) is 73.3 cm³/mol. The summed E-state index contributed by atoms with van der Waals surface area (Å²) in [6, 6.07) is 0. The minimum Gasteiger partial charge on any atom is -0.356 e. The molecule has 3 N–H and O–H groups in total. The molecule has 0 aromatic carbocycles. The van der Waals surface area contributed by atoms with Crippen molar-refractivity contribution in [1.82, 2.24) is 16.0 Å². The van der Waals surface area contributed by atoms with Gasteiger partial charge in [0.2, 0.25) is 11.8 Å². The average Bonchev–Trinajstić information content (AvgIpc) is 2.34. The lowest BCUT2D eigenvalue weighted by molar-refractivity contribution is -0.124. The zero-order valence-corrected chi connectivity index (χ0v) is 11.8. The van der Waals surface area contributed by atoms with Crippen LogP contribution in [0.4, 0.5) is 0 Å². The van der Waals surface area contributed by atoms with E-state index < -0.39 is 0 Å². The number of hydrogen-bond acceptors (Lipinski definition) is 3. The molecule has 0 saturated carbocycles. The summed E-state index contributed by atoms with van der Waals surface area (Å²) in [4.78, 5) is 23.2. The van der Waals surface area contributed by atoms with Crippen molar-refractivity contribution in [2.75, 3.05) is 26.7 Å². The highest BCUT2D eigenvalue weighted by Crippen LogP contribution is 2.07. The smallest absolute Gasteiger partial charge is 0.220 e. The molecule has 2 amide bonds. The first-order chi connectivity index (χ1) is 8.63. The van der Waals surface area contributed by atoms with Crippen LogP contribution < -0.4 is 16.0 Å². The second-order valence-electron chi connectivity index (χ2n) is 4.53. The molecule has 0 unspecified atom stereocenters. The Morgan fingerprint density at radius 2 is 1.39 bits per heavy atom. The van der Waals surface area contributed by atoms with Gasteiger partial charge in [0.25, 0.3) is 0 Å². The van der Waals surface area contributed by atoms with Gasteiger partial charge in [-0.3, -0.25) is 9.59 Å². The summed E-state index contributed by atoms with van der Waals surface area (Å²) in [6.07, 6.45) is 2.67. The van der Waals surface area contributed by atoms with E-state index in [9.17, 15) is 9.59 Å². The molecule has 0 aliphatic carbocycles. The highest BCUT2D eigenvalue weighted by Gasteiger charge is 2.16. The molecule has 0 heterocycles. The Hall–Kier alpha value is -1.10. The second kappa shape index (κ2) is 11.0. The Kier molecular flexibility index (Phi) is 10.3. The number of amides is 2. The molecule has 0 aromatic rings. The fourth-order valence-corrected chi connectivity index (χ4v) is 1.70. The maximum absolute atomic E-state index is 11.6. The summed E-state index contributed by atoms with van der Waals surface area (Å²) in [5, 5.41) is 8.71. The van der Waals surface area contributed by atoms with Gasteiger partial charge >= 0.3 is 0 Å². The van der Waals surface area contributed by atoms with Crippen LogP contribution in [0.1, 0.15) is 39.5 Å². The van der Waals surface area contributed by atoms with Gasteiger partial charge in [-0.15, -0.1) is 0 Å². The van der Waals surface area contributed by atoms with E-state index in [2.05, 4.69) is 16.0 Å². The summed E-state index contributed by atoms with van der Waals surface area (Å²) >= 11 is 0. The van der Waals surface area contributed by atoms with Crippen LogP contribution >= 0.6 is 0 Å². The van der Waals surface area contributed by atoms with Crippen molar-refractivity contribution in [3.63, 3.8) is 0 Å². The number of nitrogens with one attached hydrogen (secondary N) is 3. The van der Waals surface area contributed by atoms with Crippen LogP contribution in [0.25, 0.3) is 0 Å². The Morgan fingerprint density at radius 1 is 0.944 bits per heavy atom. The van der Waals surface area contributed by atoms with Crippen molar-refractivity contribution in [3.05, 3.63) is 0 Å². The first kappa shape index (κ1) is 16.9. The first-order valence-corrected chi connectivity index (χ1v) is 6.81. The molecule has 0 spiro atoms. The molecule has 0 bridgehead atoms. The summed E-state index contributed by atoms with van der Waals surface area (Å²) in [7, 11) is 1.83. The van der Waals surface area contributed by atoms with Crippen LogP contribution in [0.15, 0.2) is 0 Å². The molecular weight excluding hydrogens is 230 g/mol. The van der Waals surface area contributed by atoms with Crippen LogP contribution in [-0.2, 0) is 9.59 Å². The summed E-state index contributed by atoms with van der Waals surface area (Å²) in [5.41, 5.74) is 0. The molecule has 0 atom stereocenters. The van der Waals surface area contributed by atoms with Crippen LogP contribution in [-0.4, -0.2) is 38.5 Å². The molecule has 0 saturated heterocycles. The second-order valence-corrected chi connectivity index (χ2v) is 4.53. The van der Waals surface area contributed by atoms with E-state index in [1.54, 1.807) is 0 Å². The molecule has 0 radical (unpaired) electrons. The van der Waals surface area contributed by atoms with Crippen LogP contribution in [0.5, 0.6) is 0 Å². The first-order valence-electron chi connectivity index (χ1n) is 6.81. The van der Waals surface area contributed by atoms with E-state index in [1.165, 1.54) is 0 Å². The third-order valence-electron chi connectivity index (χ3n) is 2.59. The minimum absolute atomic E-state index is 0.0281. The lowest BCUT2D eigenvalue weighted by Crippen LogP contribution is -2.33. The highest BCUT2D eigenvalue weighted by molar-refractivity contribution is 5.79. The Balaban J connectivity index is 4.04. The van der Waals surface area contributed by atoms with Gasteiger partial charge in [-0.1, -0.05) is 13.8 Å². The Bertz CT molecular complexity index is 222. The normalized spacial score (nSPS) is 10.4. The van der Waals surface area contributed by atoms with E-state index in [4.69, 9.17) is 0 Å². The van der Waals surface area contributed by atoms with Gasteiger partial charge in [-0.05, 0) is 32.4 Å². The van der Waals surface area contributed by atoms with Gasteiger partial charge in [0.05, 0.1) is 0 Å². The molecule has 0 rings (SSSR count). The van der Waals surface area contributed by atoms with Gasteiger partial charge in [-0.2, -0.15) is 0 Å². The van der Waals surface area contributed by atoms with Crippen LogP contribution in [0, 0.1) is 5.92 Å². The van der Waals surface area contributed by atoms with Crippen molar-refractivity contribution < 1.29 is 9.59 Å². The van der Waals surface area contributed by atoms with Gasteiger partial charge in [0, 0.05) is 25.9 Å². The highest BCUT2D eigenvalue weighted by atomic mass is 16.2. The van der Waals surface area contributed by atoms with Gasteiger partial charge < -0.3 is 16.0 Å². The van der Waals surface area contributed by atoms with E-state index >= 15 is 0 Å². The minimum atomic E-state index is 0.0281. The Labute approximate surface area is 110 Å². The third-order valence-corrected chi connectivity index (χ3v) is 2.59. The fraction of sp³-hybridized carbons (Fsp3) is 0.846. The van der Waals surface area contributed by atoms with Crippen LogP contribution in [0.2, 0.25) is 0 Å². The van der Waals surface area contributed by atoms with Crippen molar-refractivity contribution >= 4 is 11.8 Å². The summed E-state index contributed by atoms with van der Waals surface area (Å²) in [6.45, 7) is 6.12. The maximum Gasteiger partial charge on any atom is 0.220 e. The fourth-order valence-electron chi connectivity index (χ4n) is 1.70. The van der Waals surface area contributed by atoms with Crippen molar-refractivity contribution in [1.29, 1.82) is 0 Å². The maximum atomic E-state index is 11.6. The molecule has 0 aliphatic heterocycles. The van der Waals surface area contributed by atoms with E-state index in [1.807, 2.05) is 20.9 Å². The largest absolute Gasteiger partial charge is 0.356 e. The van der Waals surface area contributed by atoms with Crippen molar-refractivity contribution in [2.45, 2.75) is 39.5 Å². The van der Waals surface area contributed by atoms with E-state index in [0.717, 1.165) is 12.8 Å². The zero-order valence-electron chi connectivity index (χ0n) is 11.8. The standard InChI is InChI=1S/C13H27N3O2/c1-4-6-15-12(17)8-11(10-14-3)9-13(18)16-7-5-2/h11,14H,4-10H2,1-3H3,(H,15,17)(H,16,18). The van der Waals surface area contributed by atoms with Crippen LogP contribution in [0.3, 0.4) is 0 Å². The molecule has 0 aromatic heterocycles.